The van der Waals surface area contributed by atoms with E-state index in [1.165, 1.54) is 19.2 Å². The first-order valence-electron chi connectivity index (χ1n) is 5.35. The molecule has 0 saturated carbocycles. The lowest BCUT2D eigenvalue weighted by Crippen LogP contribution is -2.31. The predicted molar refractivity (Wildman–Crippen MR) is 60.1 cm³/mol. The molecule has 5 heteroatoms. The van der Waals surface area contributed by atoms with Crippen LogP contribution >= 0.6 is 0 Å². The van der Waals surface area contributed by atoms with E-state index in [0.717, 1.165) is 0 Å². The lowest BCUT2D eigenvalue weighted by atomic mass is 10.1. The van der Waals surface area contributed by atoms with Crippen LogP contribution in [0.15, 0.2) is 24.3 Å². The quantitative estimate of drug-likeness (QED) is 0.881. The second kappa shape index (κ2) is 5.40. The Kier molecular flexibility index (Phi) is 4.40. The highest BCUT2D eigenvalue weighted by Gasteiger charge is 2.39. The van der Waals surface area contributed by atoms with Crippen molar-refractivity contribution in [3.05, 3.63) is 29.8 Å². The molecule has 0 aliphatic carbocycles. The standard InChI is InChI=1S/C12H16F3NO/c1-8(2)17-10-6-4-5-9(7-10)11(16-3)12(13,14)15/h4-8,11,16H,1-3H3. The van der Waals surface area contributed by atoms with Gasteiger partial charge in [0.15, 0.2) is 0 Å². The van der Waals surface area contributed by atoms with Crippen LogP contribution in [0, 0.1) is 0 Å². The Bertz CT molecular complexity index is 363. The molecular formula is C12H16F3NO. The Hall–Kier alpha value is -1.23. The van der Waals surface area contributed by atoms with Gasteiger partial charge < -0.3 is 10.1 Å². The molecule has 0 aromatic heterocycles. The third-order valence-corrected chi connectivity index (χ3v) is 2.18. The molecule has 0 saturated heterocycles. The van der Waals surface area contributed by atoms with Gasteiger partial charge in [0.2, 0.25) is 0 Å². The van der Waals surface area contributed by atoms with Gasteiger partial charge in [0.25, 0.3) is 0 Å². The van der Waals surface area contributed by atoms with Crippen LogP contribution in [0.1, 0.15) is 25.5 Å². The fraction of sp³-hybridized carbons (Fsp3) is 0.500. The number of hydrogen-bond acceptors (Lipinski definition) is 2. The first kappa shape index (κ1) is 13.8. The molecule has 17 heavy (non-hydrogen) atoms. The van der Waals surface area contributed by atoms with Crippen LogP contribution in [0.3, 0.4) is 0 Å². The number of benzene rings is 1. The molecule has 1 rings (SSSR count). The molecule has 0 aliphatic heterocycles. The fourth-order valence-corrected chi connectivity index (χ4v) is 1.56. The number of hydrogen-bond donors (Lipinski definition) is 1. The average molecular weight is 247 g/mol. The Balaban J connectivity index is 2.97. The van der Waals surface area contributed by atoms with Gasteiger partial charge in [-0.15, -0.1) is 0 Å². The molecule has 1 N–H and O–H groups in total. The Morgan fingerprint density at radius 1 is 1.24 bits per heavy atom. The van der Waals surface area contributed by atoms with Crippen molar-refractivity contribution in [2.45, 2.75) is 32.2 Å². The second-order valence-corrected chi connectivity index (χ2v) is 4.00. The summed E-state index contributed by atoms with van der Waals surface area (Å²) in [7, 11) is 1.29. The third-order valence-electron chi connectivity index (χ3n) is 2.18. The van der Waals surface area contributed by atoms with Gasteiger partial charge in [0.05, 0.1) is 6.10 Å². The van der Waals surface area contributed by atoms with Crippen LogP contribution < -0.4 is 10.1 Å². The second-order valence-electron chi connectivity index (χ2n) is 4.00. The normalized spacial score (nSPS) is 13.8. The van der Waals surface area contributed by atoms with E-state index in [1.807, 2.05) is 13.8 Å². The maximum Gasteiger partial charge on any atom is 0.407 e. The van der Waals surface area contributed by atoms with Crippen molar-refractivity contribution in [2.75, 3.05) is 7.05 Å². The molecule has 1 atom stereocenters. The van der Waals surface area contributed by atoms with E-state index in [1.54, 1.807) is 12.1 Å². The number of rotatable bonds is 4. The molecule has 2 nitrogen and oxygen atoms in total. The zero-order chi connectivity index (χ0) is 13.1. The van der Waals surface area contributed by atoms with Crippen LogP contribution in [0.4, 0.5) is 13.2 Å². The predicted octanol–water partition coefficient (Wildman–Crippen LogP) is 3.30. The summed E-state index contributed by atoms with van der Waals surface area (Å²) in [4.78, 5) is 0. The van der Waals surface area contributed by atoms with Gasteiger partial charge in [-0.3, -0.25) is 0 Å². The van der Waals surface area contributed by atoms with Gasteiger partial charge in [0.1, 0.15) is 11.8 Å². The SMILES string of the molecule is CNC(c1cccc(OC(C)C)c1)C(F)(F)F. The average Bonchev–Trinajstić information content (AvgIpc) is 2.15. The van der Waals surface area contributed by atoms with Crippen LogP contribution in [0.25, 0.3) is 0 Å². The zero-order valence-electron chi connectivity index (χ0n) is 10.0. The molecule has 0 amide bonds. The van der Waals surface area contributed by atoms with Gasteiger partial charge in [0, 0.05) is 0 Å². The van der Waals surface area contributed by atoms with Crippen molar-refractivity contribution in [3.8, 4) is 5.75 Å². The molecule has 0 spiro atoms. The highest BCUT2D eigenvalue weighted by atomic mass is 19.4. The summed E-state index contributed by atoms with van der Waals surface area (Å²) in [5, 5.41) is 2.26. The topological polar surface area (TPSA) is 21.3 Å². The van der Waals surface area contributed by atoms with Crippen LogP contribution in [-0.4, -0.2) is 19.3 Å². The third kappa shape index (κ3) is 3.93. The minimum absolute atomic E-state index is 0.0656. The molecule has 1 aromatic rings. The van der Waals surface area contributed by atoms with E-state index in [4.69, 9.17) is 4.74 Å². The van der Waals surface area contributed by atoms with Crippen LogP contribution in [-0.2, 0) is 0 Å². The molecule has 0 heterocycles. The van der Waals surface area contributed by atoms with Crippen molar-refractivity contribution < 1.29 is 17.9 Å². The summed E-state index contributed by atoms with van der Waals surface area (Å²) >= 11 is 0. The fourth-order valence-electron chi connectivity index (χ4n) is 1.56. The number of nitrogens with one attached hydrogen (secondary N) is 1. The van der Waals surface area contributed by atoms with Crippen molar-refractivity contribution in [1.29, 1.82) is 0 Å². The molecule has 0 fully saturated rings. The van der Waals surface area contributed by atoms with Gasteiger partial charge >= 0.3 is 6.18 Å². The van der Waals surface area contributed by atoms with Crippen molar-refractivity contribution in [3.63, 3.8) is 0 Å². The van der Waals surface area contributed by atoms with E-state index < -0.39 is 12.2 Å². The molecule has 96 valence electrons. The molecule has 1 aromatic carbocycles. The Morgan fingerprint density at radius 3 is 2.35 bits per heavy atom. The summed E-state index contributed by atoms with van der Waals surface area (Å²) in [6.45, 7) is 3.65. The Morgan fingerprint density at radius 2 is 1.88 bits per heavy atom. The largest absolute Gasteiger partial charge is 0.491 e. The van der Waals surface area contributed by atoms with Crippen LogP contribution in [0.2, 0.25) is 0 Å². The summed E-state index contributed by atoms with van der Waals surface area (Å²) in [6, 6.07) is 4.38. The van der Waals surface area contributed by atoms with E-state index >= 15 is 0 Å². The van der Waals surface area contributed by atoms with Gasteiger partial charge in [-0.05, 0) is 38.6 Å². The zero-order valence-corrected chi connectivity index (χ0v) is 10.0. The summed E-state index contributed by atoms with van der Waals surface area (Å²) < 4.78 is 43.5. The summed E-state index contributed by atoms with van der Waals surface area (Å²) in [6.07, 6.45) is -4.38. The lowest BCUT2D eigenvalue weighted by molar-refractivity contribution is -0.156. The summed E-state index contributed by atoms with van der Waals surface area (Å²) in [5.41, 5.74) is 0.151. The maximum atomic E-state index is 12.7. The van der Waals surface area contributed by atoms with E-state index in [-0.39, 0.29) is 11.7 Å². The number of halogens is 3. The molecule has 0 bridgehead atoms. The maximum absolute atomic E-state index is 12.7. The molecule has 0 radical (unpaired) electrons. The van der Waals surface area contributed by atoms with E-state index in [9.17, 15) is 13.2 Å². The highest BCUT2D eigenvalue weighted by Crippen LogP contribution is 2.33. The first-order chi connectivity index (χ1) is 7.84. The van der Waals surface area contributed by atoms with Gasteiger partial charge in [-0.25, -0.2) is 0 Å². The van der Waals surface area contributed by atoms with Crippen molar-refractivity contribution in [1.82, 2.24) is 5.32 Å². The minimum atomic E-state index is -4.31. The highest BCUT2D eigenvalue weighted by molar-refractivity contribution is 5.31. The lowest BCUT2D eigenvalue weighted by Gasteiger charge is -2.20. The van der Waals surface area contributed by atoms with Gasteiger partial charge in [-0.2, -0.15) is 13.2 Å². The first-order valence-corrected chi connectivity index (χ1v) is 5.35. The van der Waals surface area contributed by atoms with E-state index in [0.29, 0.717) is 5.75 Å². The molecule has 1 unspecified atom stereocenters. The number of ether oxygens (including phenoxy) is 1. The molecular weight excluding hydrogens is 231 g/mol. The smallest absolute Gasteiger partial charge is 0.407 e. The number of alkyl halides is 3. The van der Waals surface area contributed by atoms with Crippen molar-refractivity contribution >= 4 is 0 Å². The Labute approximate surface area is 98.8 Å². The molecule has 0 aliphatic rings. The monoisotopic (exact) mass is 247 g/mol. The van der Waals surface area contributed by atoms with Gasteiger partial charge in [-0.1, -0.05) is 12.1 Å². The van der Waals surface area contributed by atoms with Crippen LogP contribution in [0.5, 0.6) is 5.75 Å². The summed E-state index contributed by atoms with van der Waals surface area (Å²) in [5.74, 6) is 0.446. The van der Waals surface area contributed by atoms with E-state index in [2.05, 4.69) is 5.32 Å². The van der Waals surface area contributed by atoms with Crippen molar-refractivity contribution in [2.24, 2.45) is 0 Å². The minimum Gasteiger partial charge on any atom is -0.491 e.